The highest BCUT2D eigenvalue weighted by atomic mass is 15.3. The predicted octanol–water partition coefficient (Wildman–Crippen LogP) is -0.580. The van der Waals surface area contributed by atoms with Crippen LogP contribution in [0.4, 0.5) is 0 Å². The van der Waals surface area contributed by atoms with Gasteiger partial charge < -0.3 is 0 Å². The van der Waals surface area contributed by atoms with Crippen molar-refractivity contribution in [1.82, 2.24) is 16.0 Å². The monoisotopic (exact) mass is 115 g/mol. The van der Waals surface area contributed by atoms with Crippen molar-refractivity contribution < 1.29 is 0 Å². The Bertz CT molecular complexity index is 71.7. The van der Waals surface area contributed by atoms with Crippen LogP contribution in [-0.4, -0.2) is 19.0 Å². The van der Waals surface area contributed by atoms with Gasteiger partial charge in [-0.25, -0.2) is 0 Å². The predicted molar refractivity (Wildman–Crippen MR) is 33.2 cm³/mol. The Hall–Kier alpha value is -0.120. The van der Waals surface area contributed by atoms with Gasteiger partial charge in [0, 0.05) is 13.3 Å². The molecule has 0 radical (unpaired) electrons. The second kappa shape index (κ2) is 2.01. The van der Waals surface area contributed by atoms with E-state index in [2.05, 4.69) is 29.8 Å². The highest BCUT2D eigenvalue weighted by Gasteiger charge is 2.17. The van der Waals surface area contributed by atoms with Gasteiger partial charge in [-0.05, 0) is 13.8 Å². The van der Waals surface area contributed by atoms with Gasteiger partial charge in [-0.1, -0.05) is 0 Å². The Morgan fingerprint density at radius 1 is 1.12 bits per heavy atom. The van der Waals surface area contributed by atoms with E-state index >= 15 is 0 Å². The lowest BCUT2D eigenvalue weighted by atomic mass is 10.2. The minimum atomic E-state index is 0.116. The largest absolute Gasteiger partial charge is 0.292 e. The van der Waals surface area contributed by atoms with Crippen molar-refractivity contribution in [2.24, 2.45) is 0 Å². The van der Waals surface area contributed by atoms with Crippen molar-refractivity contribution in [3.63, 3.8) is 0 Å². The fourth-order valence-electron chi connectivity index (χ4n) is 0.692. The van der Waals surface area contributed by atoms with Crippen molar-refractivity contribution in [2.75, 3.05) is 13.3 Å². The summed E-state index contributed by atoms with van der Waals surface area (Å²) in [4.78, 5) is 0. The Kier molecular flexibility index (Phi) is 1.51. The topological polar surface area (TPSA) is 36.1 Å². The molecule has 1 rings (SSSR count). The van der Waals surface area contributed by atoms with Crippen LogP contribution < -0.4 is 16.0 Å². The van der Waals surface area contributed by atoms with Crippen molar-refractivity contribution in [3.05, 3.63) is 0 Å². The molecular formula is C5H13N3. The highest BCUT2D eigenvalue weighted by molar-refractivity contribution is 4.76. The Morgan fingerprint density at radius 2 is 1.62 bits per heavy atom. The lowest BCUT2D eigenvalue weighted by molar-refractivity contribution is 0.246. The van der Waals surface area contributed by atoms with Gasteiger partial charge in [0.15, 0.2) is 0 Å². The first kappa shape index (κ1) is 6.01. The molecule has 3 N–H and O–H groups in total. The van der Waals surface area contributed by atoms with Gasteiger partial charge in [0.25, 0.3) is 0 Å². The normalized spacial score (nSPS) is 27.8. The molecule has 1 fully saturated rings. The van der Waals surface area contributed by atoms with E-state index in [-0.39, 0.29) is 5.66 Å². The zero-order valence-electron chi connectivity index (χ0n) is 5.41. The van der Waals surface area contributed by atoms with Gasteiger partial charge in [-0.3, -0.25) is 16.0 Å². The number of hydrogen-bond donors (Lipinski definition) is 3. The number of nitrogens with one attached hydrogen (secondary N) is 3. The Balaban J connectivity index is 2.33. The third-order valence-electron chi connectivity index (χ3n) is 1.31. The summed E-state index contributed by atoms with van der Waals surface area (Å²) in [5.41, 5.74) is 0.116. The summed E-state index contributed by atoms with van der Waals surface area (Å²) in [6, 6.07) is 0. The zero-order valence-corrected chi connectivity index (χ0v) is 5.41. The lowest BCUT2D eigenvalue weighted by Crippen LogP contribution is -2.62. The van der Waals surface area contributed by atoms with Gasteiger partial charge in [0.1, 0.15) is 0 Å². The van der Waals surface area contributed by atoms with Crippen LogP contribution in [0.5, 0.6) is 0 Å². The molecule has 0 spiro atoms. The number of hydrogen-bond acceptors (Lipinski definition) is 3. The van der Waals surface area contributed by atoms with Crippen LogP contribution in [0, 0.1) is 0 Å². The summed E-state index contributed by atoms with van der Waals surface area (Å²) in [5.74, 6) is 0. The highest BCUT2D eigenvalue weighted by Crippen LogP contribution is 1.95. The smallest absolute Gasteiger partial charge is 0.0648 e. The van der Waals surface area contributed by atoms with E-state index in [9.17, 15) is 0 Å². The van der Waals surface area contributed by atoms with Crippen molar-refractivity contribution in [2.45, 2.75) is 19.5 Å². The van der Waals surface area contributed by atoms with E-state index in [1.54, 1.807) is 0 Å². The van der Waals surface area contributed by atoms with E-state index in [1.165, 1.54) is 0 Å². The summed E-state index contributed by atoms with van der Waals surface area (Å²) >= 11 is 0. The SMILES string of the molecule is CC1(C)NCNCN1. The molecule has 48 valence electrons. The van der Waals surface area contributed by atoms with Crippen LogP contribution >= 0.6 is 0 Å². The summed E-state index contributed by atoms with van der Waals surface area (Å²) < 4.78 is 0. The third-order valence-corrected chi connectivity index (χ3v) is 1.31. The van der Waals surface area contributed by atoms with Crippen LogP contribution in [-0.2, 0) is 0 Å². The molecule has 3 heteroatoms. The standard InChI is InChI=1S/C5H13N3/c1-5(2)7-3-6-4-8-5/h6-8H,3-4H2,1-2H3. The zero-order chi connectivity index (χ0) is 6.04. The van der Waals surface area contributed by atoms with Crippen molar-refractivity contribution in [3.8, 4) is 0 Å². The maximum Gasteiger partial charge on any atom is 0.0648 e. The molecule has 3 nitrogen and oxygen atoms in total. The van der Waals surface area contributed by atoms with Gasteiger partial charge in [0.2, 0.25) is 0 Å². The van der Waals surface area contributed by atoms with E-state index in [4.69, 9.17) is 0 Å². The van der Waals surface area contributed by atoms with E-state index in [0.717, 1.165) is 13.3 Å². The first-order valence-corrected chi connectivity index (χ1v) is 2.91. The minimum absolute atomic E-state index is 0.116. The number of rotatable bonds is 0. The van der Waals surface area contributed by atoms with Gasteiger partial charge in [-0.15, -0.1) is 0 Å². The van der Waals surface area contributed by atoms with Crippen LogP contribution in [0.3, 0.4) is 0 Å². The summed E-state index contributed by atoms with van der Waals surface area (Å²) in [6.45, 7) is 6.04. The van der Waals surface area contributed by atoms with Crippen LogP contribution in [0.2, 0.25) is 0 Å². The molecule has 0 bridgehead atoms. The van der Waals surface area contributed by atoms with Crippen LogP contribution in [0.25, 0.3) is 0 Å². The van der Waals surface area contributed by atoms with Crippen LogP contribution in [0.1, 0.15) is 13.8 Å². The minimum Gasteiger partial charge on any atom is -0.292 e. The summed E-state index contributed by atoms with van der Waals surface area (Å²) in [6.07, 6.45) is 0. The van der Waals surface area contributed by atoms with Gasteiger partial charge in [-0.2, -0.15) is 0 Å². The molecule has 1 heterocycles. The Morgan fingerprint density at radius 3 is 1.88 bits per heavy atom. The lowest BCUT2D eigenvalue weighted by Gasteiger charge is -2.32. The van der Waals surface area contributed by atoms with E-state index in [0.29, 0.717) is 0 Å². The fraction of sp³-hybridized carbons (Fsp3) is 1.00. The van der Waals surface area contributed by atoms with Crippen molar-refractivity contribution in [1.29, 1.82) is 0 Å². The molecule has 1 aliphatic rings. The molecule has 8 heavy (non-hydrogen) atoms. The molecule has 0 atom stereocenters. The van der Waals surface area contributed by atoms with Crippen LogP contribution in [0.15, 0.2) is 0 Å². The molecule has 0 amide bonds. The molecule has 0 aromatic carbocycles. The summed E-state index contributed by atoms with van der Waals surface area (Å²) in [5, 5.41) is 9.59. The first-order valence-electron chi connectivity index (χ1n) is 2.91. The fourth-order valence-corrected chi connectivity index (χ4v) is 0.692. The Labute approximate surface area is 49.8 Å². The molecule has 0 aliphatic carbocycles. The second-order valence-corrected chi connectivity index (χ2v) is 2.58. The molecule has 1 saturated heterocycles. The van der Waals surface area contributed by atoms with Crippen molar-refractivity contribution >= 4 is 0 Å². The van der Waals surface area contributed by atoms with Gasteiger partial charge in [0.05, 0.1) is 5.66 Å². The average molecular weight is 115 g/mol. The molecule has 0 aromatic rings. The molecule has 0 saturated carbocycles. The molecular weight excluding hydrogens is 102 g/mol. The molecule has 0 aromatic heterocycles. The van der Waals surface area contributed by atoms with E-state index < -0.39 is 0 Å². The molecule has 0 unspecified atom stereocenters. The maximum absolute atomic E-state index is 3.24. The summed E-state index contributed by atoms with van der Waals surface area (Å²) in [7, 11) is 0. The third kappa shape index (κ3) is 1.43. The second-order valence-electron chi connectivity index (χ2n) is 2.58. The first-order chi connectivity index (χ1) is 3.71. The maximum atomic E-state index is 3.24. The quantitative estimate of drug-likeness (QED) is 0.395. The average Bonchev–Trinajstić information content (AvgIpc) is 1.65. The molecule has 1 aliphatic heterocycles. The van der Waals surface area contributed by atoms with E-state index in [1.807, 2.05) is 0 Å². The van der Waals surface area contributed by atoms with Gasteiger partial charge >= 0.3 is 0 Å².